The molecule has 0 aliphatic rings. The first-order chi connectivity index (χ1) is 4.20. The molecule has 0 spiro atoms. The fourth-order valence-corrected chi connectivity index (χ4v) is 0.675. The van der Waals surface area contributed by atoms with Gasteiger partial charge in [0.05, 0.1) is 4.90 Å². The van der Waals surface area contributed by atoms with Crippen LogP contribution in [-0.4, -0.2) is 9.97 Å². The van der Waals surface area contributed by atoms with E-state index in [4.69, 9.17) is 0 Å². The van der Waals surface area contributed by atoms with Crippen LogP contribution in [0, 0.1) is 4.77 Å². The maximum atomic E-state index is 10.6. The molecule has 0 unspecified atom stereocenters. The third kappa shape index (κ3) is 1.43. The maximum absolute atomic E-state index is 10.6. The average Bonchev–Trinajstić information content (AvgIpc) is 1.80. The lowest BCUT2D eigenvalue weighted by Gasteiger charge is -1.85. The topological polar surface area (TPSA) is 48.6 Å². The summed E-state index contributed by atoms with van der Waals surface area (Å²) in [6.07, 6.45) is 1.45. The highest BCUT2D eigenvalue weighted by Crippen LogP contribution is 1.90. The molecule has 0 aromatic carbocycles. The minimum absolute atomic E-state index is 0.262. The Morgan fingerprint density at radius 1 is 1.67 bits per heavy atom. The van der Waals surface area contributed by atoms with Gasteiger partial charge in [-0.25, -0.2) is 0 Å². The first-order valence-corrected chi connectivity index (χ1v) is 3.06. The highest BCUT2D eigenvalue weighted by molar-refractivity contribution is 7.80. The van der Waals surface area contributed by atoms with Gasteiger partial charge < -0.3 is 4.98 Å². The van der Waals surface area contributed by atoms with Crippen molar-refractivity contribution in [2.45, 2.75) is 4.90 Å². The molecule has 0 amide bonds. The smallest absolute Gasteiger partial charge is 0.265 e. The fraction of sp³-hybridized carbons (Fsp3) is 0. The zero-order valence-electron chi connectivity index (χ0n) is 4.34. The van der Waals surface area contributed by atoms with E-state index in [0.29, 0.717) is 9.67 Å². The molecule has 48 valence electrons. The SMILES string of the molecule is O=c1[nH]c(=S)[nH]cc1S. The monoisotopic (exact) mass is 160 g/mol. The number of hydrogen-bond acceptors (Lipinski definition) is 3. The number of aromatic nitrogens is 2. The lowest BCUT2D eigenvalue weighted by atomic mass is 10.7. The summed E-state index contributed by atoms with van der Waals surface area (Å²) in [6, 6.07) is 0. The van der Waals surface area contributed by atoms with Gasteiger partial charge in [-0.2, -0.15) is 0 Å². The van der Waals surface area contributed by atoms with E-state index in [1.54, 1.807) is 0 Å². The van der Waals surface area contributed by atoms with Gasteiger partial charge in [0, 0.05) is 6.20 Å². The van der Waals surface area contributed by atoms with Crippen LogP contribution in [0.4, 0.5) is 0 Å². The largest absolute Gasteiger partial charge is 0.338 e. The molecular formula is C4H4N2OS2. The molecule has 0 bridgehead atoms. The van der Waals surface area contributed by atoms with Crippen molar-refractivity contribution in [3.8, 4) is 0 Å². The Hall–Kier alpha value is -0.550. The molecule has 3 nitrogen and oxygen atoms in total. The first kappa shape index (κ1) is 6.57. The summed E-state index contributed by atoms with van der Waals surface area (Å²) in [7, 11) is 0. The number of H-pyrrole nitrogens is 2. The van der Waals surface area contributed by atoms with E-state index < -0.39 is 0 Å². The standard InChI is InChI=1S/C4H4N2OS2/c7-3-2(8)1-5-4(9)6-3/h1,8H,(H2,5,6,7,9). The number of aromatic amines is 2. The van der Waals surface area contributed by atoms with Gasteiger partial charge in [-0.3, -0.25) is 9.78 Å². The summed E-state index contributed by atoms with van der Waals surface area (Å²) >= 11 is 8.44. The van der Waals surface area contributed by atoms with Gasteiger partial charge >= 0.3 is 0 Å². The van der Waals surface area contributed by atoms with Crippen molar-refractivity contribution < 1.29 is 0 Å². The van der Waals surface area contributed by atoms with Crippen LogP contribution >= 0.6 is 24.8 Å². The Kier molecular flexibility index (Phi) is 1.73. The summed E-state index contributed by atoms with van der Waals surface area (Å²) in [6.45, 7) is 0. The Bertz CT molecular complexity index is 313. The summed E-state index contributed by atoms with van der Waals surface area (Å²) in [5, 5.41) is 0. The fourth-order valence-electron chi connectivity index (χ4n) is 0.403. The molecule has 1 rings (SSSR count). The molecule has 0 aliphatic carbocycles. The van der Waals surface area contributed by atoms with E-state index in [1.165, 1.54) is 6.20 Å². The van der Waals surface area contributed by atoms with Crippen LogP contribution < -0.4 is 5.56 Å². The molecule has 1 aromatic heterocycles. The predicted molar refractivity (Wildman–Crippen MR) is 39.5 cm³/mol. The zero-order chi connectivity index (χ0) is 6.85. The quantitative estimate of drug-likeness (QED) is 0.387. The Balaban J connectivity index is 3.52. The Labute approximate surface area is 61.5 Å². The molecule has 0 saturated heterocycles. The van der Waals surface area contributed by atoms with Crippen molar-refractivity contribution in [1.82, 2.24) is 9.97 Å². The van der Waals surface area contributed by atoms with Crippen molar-refractivity contribution >= 4 is 24.8 Å². The van der Waals surface area contributed by atoms with Crippen LogP contribution in [0.5, 0.6) is 0 Å². The van der Waals surface area contributed by atoms with E-state index in [-0.39, 0.29) is 5.56 Å². The molecule has 0 radical (unpaired) electrons. The third-order valence-electron chi connectivity index (χ3n) is 0.800. The van der Waals surface area contributed by atoms with Crippen molar-refractivity contribution in [2.24, 2.45) is 0 Å². The van der Waals surface area contributed by atoms with Gasteiger partial charge in [0.2, 0.25) is 0 Å². The van der Waals surface area contributed by atoms with Gasteiger partial charge in [-0.15, -0.1) is 12.6 Å². The van der Waals surface area contributed by atoms with E-state index in [0.717, 1.165) is 0 Å². The molecular weight excluding hydrogens is 156 g/mol. The van der Waals surface area contributed by atoms with Gasteiger partial charge in [0.1, 0.15) is 0 Å². The zero-order valence-corrected chi connectivity index (χ0v) is 6.05. The Morgan fingerprint density at radius 3 is 2.78 bits per heavy atom. The predicted octanol–water partition coefficient (Wildman–Crippen LogP) is 0.721. The van der Waals surface area contributed by atoms with E-state index in [1.807, 2.05) is 0 Å². The van der Waals surface area contributed by atoms with Gasteiger partial charge in [-0.05, 0) is 12.2 Å². The molecule has 2 N–H and O–H groups in total. The minimum atomic E-state index is -0.262. The van der Waals surface area contributed by atoms with Crippen molar-refractivity contribution in [2.75, 3.05) is 0 Å². The van der Waals surface area contributed by atoms with Gasteiger partial charge in [0.25, 0.3) is 5.56 Å². The third-order valence-corrected chi connectivity index (χ3v) is 1.35. The maximum Gasteiger partial charge on any atom is 0.265 e. The average molecular weight is 160 g/mol. The van der Waals surface area contributed by atoms with Gasteiger partial charge in [-0.1, -0.05) is 0 Å². The van der Waals surface area contributed by atoms with Crippen molar-refractivity contribution in [3.05, 3.63) is 21.3 Å². The lowest BCUT2D eigenvalue weighted by Crippen LogP contribution is -2.06. The van der Waals surface area contributed by atoms with Crippen LogP contribution in [0.15, 0.2) is 15.9 Å². The molecule has 1 aromatic rings. The minimum Gasteiger partial charge on any atom is -0.338 e. The molecule has 1 heterocycles. The lowest BCUT2D eigenvalue weighted by molar-refractivity contribution is 1.02. The van der Waals surface area contributed by atoms with Crippen LogP contribution in [0.3, 0.4) is 0 Å². The summed E-state index contributed by atoms with van der Waals surface area (Å²) in [4.78, 5) is 15.9. The van der Waals surface area contributed by atoms with Crippen LogP contribution in [0.25, 0.3) is 0 Å². The normalized spacial score (nSPS) is 9.44. The van der Waals surface area contributed by atoms with Crippen molar-refractivity contribution in [1.29, 1.82) is 0 Å². The molecule has 0 saturated carbocycles. The van der Waals surface area contributed by atoms with E-state index >= 15 is 0 Å². The summed E-state index contributed by atoms with van der Waals surface area (Å²) < 4.78 is 0.317. The number of nitrogens with one attached hydrogen (secondary N) is 2. The summed E-state index contributed by atoms with van der Waals surface area (Å²) in [5.41, 5.74) is -0.262. The van der Waals surface area contributed by atoms with Gasteiger partial charge in [0.15, 0.2) is 4.77 Å². The van der Waals surface area contributed by atoms with Crippen LogP contribution in [0.2, 0.25) is 0 Å². The van der Waals surface area contributed by atoms with E-state index in [9.17, 15) is 4.79 Å². The molecule has 9 heavy (non-hydrogen) atoms. The van der Waals surface area contributed by atoms with Crippen molar-refractivity contribution in [3.63, 3.8) is 0 Å². The number of rotatable bonds is 0. The first-order valence-electron chi connectivity index (χ1n) is 2.21. The van der Waals surface area contributed by atoms with E-state index in [2.05, 4.69) is 34.8 Å². The Morgan fingerprint density at radius 2 is 2.33 bits per heavy atom. The van der Waals surface area contributed by atoms with Crippen LogP contribution in [0.1, 0.15) is 0 Å². The summed E-state index contributed by atoms with van der Waals surface area (Å²) in [5.74, 6) is 0. The van der Waals surface area contributed by atoms with Crippen LogP contribution in [-0.2, 0) is 0 Å². The molecule has 5 heteroatoms. The second-order valence-corrected chi connectivity index (χ2v) is 2.35. The molecule has 0 atom stereocenters. The molecule has 0 fully saturated rings. The second kappa shape index (κ2) is 2.36. The number of thiol groups is 1. The molecule has 0 aliphatic heterocycles. The number of hydrogen-bond donors (Lipinski definition) is 3. The highest BCUT2D eigenvalue weighted by Gasteiger charge is 1.88. The highest BCUT2D eigenvalue weighted by atomic mass is 32.1. The second-order valence-electron chi connectivity index (χ2n) is 1.46.